The number of nitrogens with one attached hydrogen (secondary N) is 1. The lowest BCUT2D eigenvalue weighted by atomic mass is 10.0. The topological polar surface area (TPSA) is 72.3 Å². The summed E-state index contributed by atoms with van der Waals surface area (Å²) in [6.45, 7) is 4.89. The number of aryl methyl sites for hydroxylation is 1. The van der Waals surface area contributed by atoms with Gasteiger partial charge >= 0.3 is 0 Å². The van der Waals surface area contributed by atoms with E-state index in [0.717, 1.165) is 24.0 Å². The van der Waals surface area contributed by atoms with Gasteiger partial charge in [0.15, 0.2) is 16.7 Å². The molecule has 1 aliphatic heterocycles. The number of nitrogens with zero attached hydrogens (tertiary/aromatic N) is 2. The highest BCUT2D eigenvalue weighted by molar-refractivity contribution is 8.15. The standard InChI is InChI=1S/C25H31N3O3S/c1-4-6-7-18-8-10-19(11-9-18)16-23-24(29)27-25(32-23)28-26-17-20-12-13-21(31-14-5-2)22(15-20)30-3/h8-13,15,17,23H,4-7,14,16H2,1-3H3,(H,27,28,29)/b26-17+. The minimum Gasteiger partial charge on any atom is -0.493 e. The number of hydrogen-bond acceptors (Lipinski definition) is 6. The molecular formula is C25H31N3O3S. The van der Waals surface area contributed by atoms with E-state index in [4.69, 9.17) is 9.47 Å². The molecule has 6 nitrogen and oxygen atoms in total. The second-order valence-corrected chi connectivity index (χ2v) is 8.82. The fourth-order valence-corrected chi connectivity index (χ4v) is 4.23. The Labute approximate surface area is 194 Å². The van der Waals surface area contributed by atoms with Crippen molar-refractivity contribution in [1.82, 2.24) is 5.32 Å². The molecule has 1 amide bonds. The largest absolute Gasteiger partial charge is 0.493 e. The fourth-order valence-electron chi connectivity index (χ4n) is 3.27. The van der Waals surface area contributed by atoms with E-state index in [2.05, 4.69) is 53.6 Å². The highest BCUT2D eigenvalue weighted by Crippen LogP contribution is 2.28. The minimum absolute atomic E-state index is 0.0295. The molecule has 1 heterocycles. The van der Waals surface area contributed by atoms with Gasteiger partial charge in [-0.2, -0.15) is 5.10 Å². The Hall–Kier alpha value is -2.80. The molecule has 0 bridgehead atoms. The molecule has 0 saturated carbocycles. The van der Waals surface area contributed by atoms with E-state index in [-0.39, 0.29) is 11.2 Å². The van der Waals surface area contributed by atoms with Crippen molar-refractivity contribution >= 4 is 29.1 Å². The van der Waals surface area contributed by atoms with Crippen molar-refractivity contribution < 1.29 is 14.3 Å². The number of benzene rings is 2. The third kappa shape index (κ3) is 6.85. The summed E-state index contributed by atoms with van der Waals surface area (Å²) in [5, 5.41) is 11.5. The summed E-state index contributed by atoms with van der Waals surface area (Å²) in [5.74, 6) is 1.33. The Morgan fingerprint density at radius 1 is 1.06 bits per heavy atom. The number of rotatable bonds is 11. The molecule has 0 aromatic heterocycles. The molecule has 32 heavy (non-hydrogen) atoms. The molecular weight excluding hydrogens is 422 g/mol. The Morgan fingerprint density at radius 3 is 2.56 bits per heavy atom. The monoisotopic (exact) mass is 453 g/mol. The molecule has 170 valence electrons. The van der Waals surface area contributed by atoms with Gasteiger partial charge in [-0.1, -0.05) is 56.3 Å². The van der Waals surface area contributed by atoms with Crippen LogP contribution in [0.25, 0.3) is 0 Å². The van der Waals surface area contributed by atoms with Crippen LogP contribution in [0, 0.1) is 0 Å². The average molecular weight is 454 g/mol. The maximum absolute atomic E-state index is 12.3. The zero-order chi connectivity index (χ0) is 22.8. The molecule has 1 aliphatic rings. The lowest BCUT2D eigenvalue weighted by Gasteiger charge is -2.10. The Balaban J connectivity index is 1.57. The maximum atomic E-state index is 12.3. The van der Waals surface area contributed by atoms with Gasteiger partial charge in [0.25, 0.3) is 0 Å². The van der Waals surface area contributed by atoms with Crippen molar-refractivity contribution in [3.8, 4) is 11.5 Å². The predicted molar refractivity (Wildman–Crippen MR) is 132 cm³/mol. The zero-order valence-electron chi connectivity index (χ0n) is 19.0. The smallest absolute Gasteiger partial charge is 0.239 e. The van der Waals surface area contributed by atoms with Crippen molar-refractivity contribution in [2.45, 2.75) is 51.2 Å². The first-order valence-corrected chi connectivity index (χ1v) is 12.0. The second-order valence-electron chi connectivity index (χ2n) is 7.63. The summed E-state index contributed by atoms with van der Waals surface area (Å²) < 4.78 is 11.1. The van der Waals surface area contributed by atoms with Gasteiger partial charge in [0.2, 0.25) is 5.91 Å². The van der Waals surface area contributed by atoms with Gasteiger partial charge in [-0.15, -0.1) is 5.10 Å². The van der Waals surface area contributed by atoms with Crippen LogP contribution in [-0.2, 0) is 17.6 Å². The van der Waals surface area contributed by atoms with E-state index >= 15 is 0 Å². The van der Waals surface area contributed by atoms with Crippen molar-refractivity contribution in [2.24, 2.45) is 10.2 Å². The number of amidine groups is 1. The van der Waals surface area contributed by atoms with E-state index in [9.17, 15) is 4.79 Å². The quantitative estimate of drug-likeness (QED) is 0.384. The lowest BCUT2D eigenvalue weighted by Crippen LogP contribution is -2.25. The summed E-state index contributed by atoms with van der Waals surface area (Å²) in [4.78, 5) is 12.3. The SMILES string of the molecule is CCCCc1ccc(CC2S/C(=N/N=C/c3ccc(OCCC)c(OC)c3)NC2=O)cc1. The average Bonchev–Trinajstić information content (AvgIpc) is 3.16. The second kappa shape index (κ2) is 12.3. The van der Waals surface area contributed by atoms with Crippen LogP contribution in [0.2, 0.25) is 0 Å². The summed E-state index contributed by atoms with van der Waals surface area (Å²) in [5.41, 5.74) is 3.33. The van der Waals surface area contributed by atoms with Crippen LogP contribution >= 0.6 is 11.8 Å². The Bertz CT molecular complexity index is 957. The number of ether oxygens (including phenoxy) is 2. The van der Waals surface area contributed by atoms with E-state index in [1.54, 1.807) is 13.3 Å². The zero-order valence-corrected chi connectivity index (χ0v) is 19.8. The highest BCUT2D eigenvalue weighted by atomic mass is 32.2. The Morgan fingerprint density at radius 2 is 1.84 bits per heavy atom. The molecule has 1 atom stereocenters. The van der Waals surface area contributed by atoms with Gasteiger partial charge in [0.05, 0.1) is 25.2 Å². The van der Waals surface area contributed by atoms with Crippen LogP contribution in [-0.4, -0.2) is 36.3 Å². The number of thioether (sulfide) groups is 1. The summed E-state index contributed by atoms with van der Waals surface area (Å²) in [7, 11) is 1.61. The van der Waals surface area contributed by atoms with Crippen molar-refractivity contribution in [1.29, 1.82) is 0 Å². The van der Waals surface area contributed by atoms with Gasteiger partial charge < -0.3 is 14.8 Å². The van der Waals surface area contributed by atoms with Gasteiger partial charge in [-0.05, 0) is 60.6 Å². The van der Waals surface area contributed by atoms with Crippen LogP contribution in [0.1, 0.15) is 49.8 Å². The predicted octanol–water partition coefficient (Wildman–Crippen LogP) is 4.99. The van der Waals surface area contributed by atoms with Crippen LogP contribution in [0.3, 0.4) is 0 Å². The van der Waals surface area contributed by atoms with Crippen LogP contribution in [0.4, 0.5) is 0 Å². The molecule has 2 aromatic carbocycles. The highest BCUT2D eigenvalue weighted by Gasteiger charge is 2.30. The number of methoxy groups -OCH3 is 1. The summed E-state index contributed by atoms with van der Waals surface area (Å²) >= 11 is 1.42. The summed E-state index contributed by atoms with van der Waals surface area (Å²) in [6.07, 6.45) is 6.72. The van der Waals surface area contributed by atoms with Gasteiger partial charge in [0, 0.05) is 0 Å². The maximum Gasteiger partial charge on any atom is 0.239 e. The fraction of sp³-hybridized carbons (Fsp3) is 0.400. The van der Waals surface area contributed by atoms with Crippen molar-refractivity contribution in [2.75, 3.05) is 13.7 Å². The summed E-state index contributed by atoms with van der Waals surface area (Å²) in [6, 6.07) is 14.2. The minimum atomic E-state index is -0.194. The van der Waals surface area contributed by atoms with Crippen LogP contribution in [0.15, 0.2) is 52.7 Å². The number of amides is 1. The van der Waals surface area contributed by atoms with E-state index in [1.165, 1.54) is 30.2 Å². The first-order chi connectivity index (χ1) is 15.6. The van der Waals surface area contributed by atoms with Gasteiger partial charge in [0.1, 0.15) is 0 Å². The first kappa shape index (κ1) is 23.9. The molecule has 7 heteroatoms. The lowest BCUT2D eigenvalue weighted by molar-refractivity contribution is -0.118. The van der Waals surface area contributed by atoms with Crippen LogP contribution < -0.4 is 14.8 Å². The number of carbonyl (C=O) groups excluding carboxylic acids is 1. The molecule has 1 unspecified atom stereocenters. The van der Waals surface area contributed by atoms with E-state index < -0.39 is 0 Å². The molecule has 1 saturated heterocycles. The molecule has 1 N–H and O–H groups in total. The number of carbonyl (C=O) groups is 1. The third-order valence-electron chi connectivity index (χ3n) is 5.04. The molecule has 0 radical (unpaired) electrons. The first-order valence-electron chi connectivity index (χ1n) is 11.1. The third-order valence-corrected chi connectivity index (χ3v) is 6.12. The van der Waals surface area contributed by atoms with Crippen molar-refractivity contribution in [3.63, 3.8) is 0 Å². The van der Waals surface area contributed by atoms with E-state index in [1.807, 2.05) is 18.2 Å². The van der Waals surface area contributed by atoms with Gasteiger partial charge in [-0.25, -0.2) is 0 Å². The van der Waals surface area contributed by atoms with Crippen LogP contribution in [0.5, 0.6) is 11.5 Å². The molecule has 0 aliphatic carbocycles. The number of unbranched alkanes of at least 4 members (excludes halogenated alkanes) is 1. The van der Waals surface area contributed by atoms with E-state index in [0.29, 0.717) is 29.7 Å². The van der Waals surface area contributed by atoms with Crippen molar-refractivity contribution in [3.05, 3.63) is 59.2 Å². The number of hydrogen-bond donors (Lipinski definition) is 1. The Kier molecular flexibility index (Phi) is 9.16. The normalized spacial score (nSPS) is 17.2. The molecule has 1 fully saturated rings. The molecule has 0 spiro atoms. The van der Waals surface area contributed by atoms with Gasteiger partial charge in [-0.3, -0.25) is 4.79 Å². The molecule has 2 aromatic rings. The molecule has 3 rings (SSSR count).